The molecule has 3 heteroatoms. The number of hydrogen-bond acceptors (Lipinski definition) is 3. The minimum atomic E-state index is 0.462. The van der Waals surface area contributed by atoms with Crippen LogP contribution in [0.5, 0.6) is 5.75 Å². The number of nitrogens with one attached hydrogen (secondary N) is 2. The van der Waals surface area contributed by atoms with E-state index in [0.29, 0.717) is 18.0 Å². The first kappa shape index (κ1) is 11.3. The molecule has 80 valence electrons. The third kappa shape index (κ3) is 3.46. The summed E-state index contributed by atoms with van der Waals surface area (Å²) in [5, 5.41) is 10.4. The molecule has 0 aromatic heterocycles. The third-order valence-corrected chi connectivity index (χ3v) is 2.12. The average Bonchev–Trinajstić information content (AvgIpc) is 2.26. The van der Waals surface area contributed by atoms with Crippen molar-refractivity contribution in [2.75, 3.05) is 7.11 Å². The summed E-state index contributed by atoms with van der Waals surface area (Å²) in [4.78, 5) is 0. The maximum absolute atomic E-state index is 7.35. The van der Waals surface area contributed by atoms with Gasteiger partial charge in [-0.05, 0) is 24.6 Å². The highest BCUT2D eigenvalue weighted by atomic mass is 16.5. The van der Waals surface area contributed by atoms with Gasteiger partial charge in [0.15, 0.2) is 0 Å². The number of ether oxygens (including phenoxy) is 1. The zero-order valence-corrected chi connectivity index (χ0v) is 9.13. The normalized spacial score (nSPS) is 9.47. The number of methoxy groups -OCH3 is 1. The van der Waals surface area contributed by atoms with Crippen molar-refractivity contribution in [2.24, 2.45) is 0 Å². The highest BCUT2D eigenvalue weighted by molar-refractivity contribution is 5.94. The summed E-state index contributed by atoms with van der Waals surface area (Å²) in [6.45, 7) is 6.13. The molecule has 0 aliphatic carbocycles. The smallest absolute Gasteiger partial charge is 0.118 e. The average molecular weight is 204 g/mol. The molecule has 0 radical (unpaired) electrons. The molecule has 0 amide bonds. The summed E-state index contributed by atoms with van der Waals surface area (Å²) >= 11 is 0. The number of hydrogen-bond donors (Lipinski definition) is 2. The van der Waals surface area contributed by atoms with Crippen LogP contribution in [0.25, 0.3) is 0 Å². The van der Waals surface area contributed by atoms with Gasteiger partial charge in [0, 0.05) is 12.2 Å². The molecule has 0 aliphatic rings. The molecule has 0 spiro atoms. The van der Waals surface area contributed by atoms with Crippen molar-refractivity contribution >= 4 is 5.71 Å². The molecule has 0 fully saturated rings. The SMILES string of the molecule is C=C(NCc1ccc(OC)cc1)C(C)=N. The highest BCUT2D eigenvalue weighted by Crippen LogP contribution is 2.11. The van der Waals surface area contributed by atoms with E-state index in [-0.39, 0.29) is 0 Å². The van der Waals surface area contributed by atoms with E-state index in [1.807, 2.05) is 24.3 Å². The maximum Gasteiger partial charge on any atom is 0.118 e. The number of benzene rings is 1. The molecule has 0 aliphatic heterocycles. The van der Waals surface area contributed by atoms with E-state index in [9.17, 15) is 0 Å². The van der Waals surface area contributed by atoms with Crippen molar-refractivity contribution in [3.63, 3.8) is 0 Å². The molecule has 1 aromatic carbocycles. The quantitative estimate of drug-likeness (QED) is 0.723. The maximum atomic E-state index is 7.35. The summed E-state index contributed by atoms with van der Waals surface area (Å²) in [6.07, 6.45) is 0. The summed E-state index contributed by atoms with van der Waals surface area (Å²) in [5.74, 6) is 0.848. The largest absolute Gasteiger partial charge is 0.497 e. The van der Waals surface area contributed by atoms with Crippen LogP contribution in [0.15, 0.2) is 36.5 Å². The molecular weight excluding hydrogens is 188 g/mol. The zero-order chi connectivity index (χ0) is 11.3. The second-order valence-corrected chi connectivity index (χ2v) is 3.31. The lowest BCUT2D eigenvalue weighted by atomic mass is 10.2. The second kappa shape index (κ2) is 5.20. The van der Waals surface area contributed by atoms with Crippen molar-refractivity contribution in [2.45, 2.75) is 13.5 Å². The monoisotopic (exact) mass is 204 g/mol. The second-order valence-electron chi connectivity index (χ2n) is 3.31. The standard InChI is InChI=1S/C12H16N2O/c1-9(13)10(2)14-8-11-4-6-12(15-3)7-5-11/h4-7,13-14H,2,8H2,1,3H3. The Bertz CT molecular complexity index is 354. The Morgan fingerprint density at radius 3 is 2.47 bits per heavy atom. The predicted octanol–water partition coefficient (Wildman–Crippen LogP) is 2.34. The molecule has 3 nitrogen and oxygen atoms in total. The van der Waals surface area contributed by atoms with Gasteiger partial charge >= 0.3 is 0 Å². The zero-order valence-electron chi connectivity index (χ0n) is 9.13. The van der Waals surface area contributed by atoms with Crippen LogP contribution in [0.4, 0.5) is 0 Å². The summed E-state index contributed by atoms with van der Waals surface area (Å²) in [5.41, 5.74) is 2.26. The lowest BCUT2D eigenvalue weighted by Crippen LogP contribution is -2.16. The molecule has 0 atom stereocenters. The van der Waals surface area contributed by atoms with Crippen LogP contribution in [-0.2, 0) is 6.54 Å². The van der Waals surface area contributed by atoms with E-state index >= 15 is 0 Å². The third-order valence-electron chi connectivity index (χ3n) is 2.12. The molecule has 1 rings (SSSR count). The molecule has 0 heterocycles. The summed E-state index contributed by atoms with van der Waals surface area (Å²) < 4.78 is 5.06. The van der Waals surface area contributed by atoms with E-state index in [0.717, 1.165) is 11.3 Å². The van der Waals surface area contributed by atoms with Gasteiger partial charge in [-0.25, -0.2) is 0 Å². The lowest BCUT2D eigenvalue weighted by Gasteiger charge is -2.08. The molecule has 0 saturated carbocycles. The molecule has 2 N–H and O–H groups in total. The van der Waals surface area contributed by atoms with Gasteiger partial charge in [-0.1, -0.05) is 18.7 Å². The Balaban J connectivity index is 2.51. The molecule has 15 heavy (non-hydrogen) atoms. The number of rotatable bonds is 5. The van der Waals surface area contributed by atoms with Crippen molar-refractivity contribution in [1.82, 2.24) is 5.32 Å². The number of allylic oxidation sites excluding steroid dienone is 1. The van der Waals surface area contributed by atoms with Crippen LogP contribution >= 0.6 is 0 Å². The fraction of sp³-hybridized carbons (Fsp3) is 0.250. The molecule has 0 unspecified atom stereocenters. The Hall–Kier alpha value is -1.77. The van der Waals surface area contributed by atoms with E-state index in [1.54, 1.807) is 14.0 Å². The molecular formula is C12H16N2O. The van der Waals surface area contributed by atoms with E-state index in [4.69, 9.17) is 10.1 Å². The summed E-state index contributed by atoms with van der Waals surface area (Å²) in [7, 11) is 1.65. The molecule has 0 saturated heterocycles. The highest BCUT2D eigenvalue weighted by Gasteiger charge is 1.97. The van der Waals surface area contributed by atoms with Crippen LogP contribution in [0.2, 0.25) is 0 Å². The van der Waals surface area contributed by atoms with Crippen LogP contribution < -0.4 is 10.1 Å². The van der Waals surface area contributed by atoms with Gasteiger partial charge in [-0.15, -0.1) is 0 Å². The van der Waals surface area contributed by atoms with E-state index in [1.165, 1.54) is 0 Å². The van der Waals surface area contributed by atoms with Gasteiger partial charge < -0.3 is 15.5 Å². The van der Waals surface area contributed by atoms with Crippen LogP contribution in [0.1, 0.15) is 12.5 Å². The Morgan fingerprint density at radius 1 is 1.40 bits per heavy atom. The van der Waals surface area contributed by atoms with Crippen molar-refractivity contribution in [1.29, 1.82) is 5.41 Å². The Morgan fingerprint density at radius 2 is 2.00 bits per heavy atom. The van der Waals surface area contributed by atoms with Gasteiger partial charge in [0.05, 0.1) is 12.8 Å². The summed E-state index contributed by atoms with van der Waals surface area (Å²) in [6, 6.07) is 7.80. The van der Waals surface area contributed by atoms with Crippen molar-refractivity contribution in [3.8, 4) is 5.75 Å². The van der Waals surface area contributed by atoms with Gasteiger partial charge in [0.2, 0.25) is 0 Å². The van der Waals surface area contributed by atoms with Crippen LogP contribution in [-0.4, -0.2) is 12.8 Å². The van der Waals surface area contributed by atoms with E-state index in [2.05, 4.69) is 11.9 Å². The topological polar surface area (TPSA) is 45.1 Å². The Kier molecular flexibility index (Phi) is 3.92. The van der Waals surface area contributed by atoms with E-state index < -0.39 is 0 Å². The van der Waals surface area contributed by atoms with Gasteiger partial charge in [0.25, 0.3) is 0 Å². The minimum absolute atomic E-state index is 0.462. The Labute approximate surface area is 90.3 Å². The fourth-order valence-corrected chi connectivity index (χ4v) is 1.08. The predicted molar refractivity (Wildman–Crippen MR) is 62.4 cm³/mol. The first-order valence-corrected chi connectivity index (χ1v) is 4.74. The molecule has 1 aromatic rings. The first-order chi connectivity index (χ1) is 7.13. The van der Waals surface area contributed by atoms with Crippen molar-refractivity contribution in [3.05, 3.63) is 42.1 Å². The fourth-order valence-electron chi connectivity index (χ4n) is 1.08. The van der Waals surface area contributed by atoms with Crippen molar-refractivity contribution < 1.29 is 4.74 Å². The van der Waals surface area contributed by atoms with Gasteiger partial charge in [-0.2, -0.15) is 0 Å². The molecule has 0 bridgehead atoms. The van der Waals surface area contributed by atoms with Gasteiger partial charge in [-0.3, -0.25) is 0 Å². The minimum Gasteiger partial charge on any atom is -0.497 e. The van der Waals surface area contributed by atoms with Gasteiger partial charge in [0.1, 0.15) is 5.75 Å². The lowest BCUT2D eigenvalue weighted by molar-refractivity contribution is 0.414. The van der Waals surface area contributed by atoms with Crippen LogP contribution in [0.3, 0.4) is 0 Å². The first-order valence-electron chi connectivity index (χ1n) is 4.74. The van der Waals surface area contributed by atoms with Crippen LogP contribution in [0, 0.1) is 5.41 Å².